The molecular weight excluding hydrogens is 196 g/mol. The molecule has 0 aliphatic heterocycles. The first-order valence-corrected chi connectivity index (χ1v) is 5.51. The van der Waals surface area contributed by atoms with Gasteiger partial charge in [0.2, 0.25) is 0 Å². The van der Waals surface area contributed by atoms with Crippen molar-refractivity contribution in [2.45, 2.75) is 26.2 Å². The molecule has 0 fully saturated rings. The number of carbonyl (C=O) groups excluding carboxylic acids is 1. The van der Waals surface area contributed by atoms with Gasteiger partial charge in [-0.1, -0.05) is 42.0 Å². The van der Waals surface area contributed by atoms with E-state index in [1.807, 2.05) is 26.0 Å². The minimum atomic E-state index is -0.423. The van der Waals surface area contributed by atoms with Gasteiger partial charge in [-0.15, -0.1) is 0 Å². The van der Waals surface area contributed by atoms with Crippen molar-refractivity contribution in [2.24, 2.45) is 0 Å². The zero-order valence-electron chi connectivity index (χ0n) is 9.95. The lowest BCUT2D eigenvalue weighted by Crippen LogP contribution is -2.18. The Hall–Kier alpha value is -1.63. The van der Waals surface area contributed by atoms with E-state index in [4.69, 9.17) is 0 Å². The van der Waals surface area contributed by atoms with Crippen LogP contribution < -0.4 is 0 Å². The van der Waals surface area contributed by atoms with Crippen LogP contribution in [0.15, 0.2) is 36.4 Å². The van der Waals surface area contributed by atoms with Gasteiger partial charge in [-0.3, -0.25) is 0 Å². The van der Waals surface area contributed by atoms with Crippen LogP contribution in [0, 0.1) is 6.92 Å². The van der Waals surface area contributed by atoms with E-state index in [0.717, 1.165) is 11.8 Å². The molecule has 0 amide bonds. The molecule has 1 nitrogen and oxygen atoms in total. The van der Waals surface area contributed by atoms with Gasteiger partial charge < -0.3 is 4.79 Å². The standard InChI is InChI=1S/C15H16O/c1-11-7-8-12-5-4-6-14(13(12)9-11)15(2,3)10-16/h4-10H,1-3H3. The van der Waals surface area contributed by atoms with E-state index in [1.165, 1.54) is 16.3 Å². The zero-order valence-corrected chi connectivity index (χ0v) is 9.95. The third-order valence-corrected chi connectivity index (χ3v) is 3.03. The summed E-state index contributed by atoms with van der Waals surface area (Å²) in [5.41, 5.74) is 1.90. The van der Waals surface area contributed by atoms with E-state index >= 15 is 0 Å². The number of aryl methyl sites for hydroxylation is 1. The molecule has 0 heterocycles. The Morgan fingerprint density at radius 2 is 1.88 bits per heavy atom. The van der Waals surface area contributed by atoms with Crippen molar-refractivity contribution in [1.29, 1.82) is 0 Å². The second-order valence-electron chi connectivity index (χ2n) is 4.87. The fourth-order valence-corrected chi connectivity index (χ4v) is 2.01. The highest BCUT2D eigenvalue weighted by atomic mass is 16.1. The average Bonchev–Trinajstić information content (AvgIpc) is 2.28. The largest absolute Gasteiger partial charge is 0.302 e. The molecule has 0 unspecified atom stereocenters. The van der Waals surface area contributed by atoms with Crippen molar-refractivity contribution >= 4 is 17.1 Å². The van der Waals surface area contributed by atoms with E-state index in [0.29, 0.717) is 0 Å². The SMILES string of the molecule is Cc1ccc2cccc(C(C)(C)C=O)c2c1. The van der Waals surface area contributed by atoms with Gasteiger partial charge in [0.05, 0.1) is 0 Å². The summed E-state index contributed by atoms with van der Waals surface area (Å²) in [4.78, 5) is 11.2. The number of benzene rings is 2. The fourth-order valence-electron chi connectivity index (χ4n) is 2.01. The topological polar surface area (TPSA) is 17.1 Å². The van der Waals surface area contributed by atoms with Gasteiger partial charge in [-0.25, -0.2) is 0 Å². The Bertz CT molecular complexity index is 538. The van der Waals surface area contributed by atoms with Gasteiger partial charge in [0, 0.05) is 5.41 Å². The number of rotatable bonds is 2. The van der Waals surface area contributed by atoms with E-state index in [-0.39, 0.29) is 0 Å². The molecule has 0 bridgehead atoms. The van der Waals surface area contributed by atoms with Crippen molar-refractivity contribution in [3.05, 3.63) is 47.5 Å². The van der Waals surface area contributed by atoms with Crippen LogP contribution in [0.3, 0.4) is 0 Å². The lowest BCUT2D eigenvalue weighted by molar-refractivity contribution is -0.111. The molecule has 2 aromatic rings. The first kappa shape index (κ1) is 10.9. The van der Waals surface area contributed by atoms with Crippen LogP contribution >= 0.6 is 0 Å². The normalized spacial score (nSPS) is 11.7. The van der Waals surface area contributed by atoms with Crippen LogP contribution in [0.4, 0.5) is 0 Å². The van der Waals surface area contributed by atoms with Gasteiger partial charge >= 0.3 is 0 Å². The summed E-state index contributed by atoms with van der Waals surface area (Å²) >= 11 is 0. The number of hydrogen-bond acceptors (Lipinski definition) is 1. The first-order valence-electron chi connectivity index (χ1n) is 5.51. The molecule has 16 heavy (non-hydrogen) atoms. The summed E-state index contributed by atoms with van der Waals surface area (Å²) in [5.74, 6) is 0. The summed E-state index contributed by atoms with van der Waals surface area (Å²) in [6.07, 6.45) is 1.02. The molecule has 0 aliphatic rings. The van der Waals surface area contributed by atoms with E-state index in [9.17, 15) is 4.79 Å². The summed E-state index contributed by atoms with van der Waals surface area (Å²) in [6.45, 7) is 5.98. The maximum Gasteiger partial charge on any atom is 0.129 e. The average molecular weight is 212 g/mol. The number of fused-ring (bicyclic) bond motifs is 1. The van der Waals surface area contributed by atoms with Gasteiger partial charge in [-0.2, -0.15) is 0 Å². The highest BCUT2D eigenvalue weighted by Gasteiger charge is 2.21. The van der Waals surface area contributed by atoms with Crippen LogP contribution in [-0.2, 0) is 10.2 Å². The molecule has 0 aliphatic carbocycles. The van der Waals surface area contributed by atoms with Crippen LogP contribution in [0.5, 0.6) is 0 Å². The summed E-state index contributed by atoms with van der Waals surface area (Å²) in [7, 11) is 0. The second-order valence-corrected chi connectivity index (χ2v) is 4.87. The van der Waals surface area contributed by atoms with Crippen molar-refractivity contribution < 1.29 is 4.79 Å². The fraction of sp³-hybridized carbons (Fsp3) is 0.267. The molecule has 0 saturated carbocycles. The molecule has 2 rings (SSSR count). The molecule has 0 saturated heterocycles. The summed E-state index contributed by atoms with van der Waals surface area (Å²) in [5, 5.41) is 2.37. The van der Waals surface area contributed by atoms with Crippen LogP contribution in [0.25, 0.3) is 10.8 Å². The Morgan fingerprint density at radius 3 is 2.56 bits per heavy atom. The third kappa shape index (κ3) is 1.73. The quantitative estimate of drug-likeness (QED) is 0.695. The third-order valence-electron chi connectivity index (χ3n) is 3.03. The lowest BCUT2D eigenvalue weighted by atomic mass is 9.83. The Morgan fingerprint density at radius 1 is 1.12 bits per heavy atom. The highest BCUT2D eigenvalue weighted by molar-refractivity contribution is 5.90. The zero-order chi connectivity index (χ0) is 11.8. The molecule has 0 aromatic heterocycles. The monoisotopic (exact) mass is 212 g/mol. The number of carbonyl (C=O) groups is 1. The molecule has 82 valence electrons. The predicted molar refractivity (Wildman–Crippen MR) is 67.8 cm³/mol. The molecule has 1 heteroatoms. The van der Waals surface area contributed by atoms with Gasteiger partial charge in [0.25, 0.3) is 0 Å². The Kier molecular flexibility index (Phi) is 2.55. The first-order chi connectivity index (χ1) is 7.54. The molecule has 2 aromatic carbocycles. The molecule has 0 spiro atoms. The predicted octanol–water partition coefficient (Wildman–Crippen LogP) is 3.62. The van der Waals surface area contributed by atoms with Crippen LogP contribution in [0.2, 0.25) is 0 Å². The van der Waals surface area contributed by atoms with Gasteiger partial charge in [0.15, 0.2) is 0 Å². The van der Waals surface area contributed by atoms with Gasteiger partial charge in [-0.05, 0) is 37.1 Å². The van der Waals surface area contributed by atoms with Crippen molar-refractivity contribution in [1.82, 2.24) is 0 Å². The number of hydrogen-bond donors (Lipinski definition) is 0. The summed E-state index contributed by atoms with van der Waals surface area (Å²) in [6, 6.07) is 12.5. The summed E-state index contributed by atoms with van der Waals surface area (Å²) < 4.78 is 0. The lowest BCUT2D eigenvalue weighted by Gasteiger charge is -2.20. The van der Waals surface area contributed by atoms with E-state index in [2.05, 4.69) is 31.2 Å². The minimum absolute atomic E-state index is 0.423. The maximum atomic E-state index is 11.2. The minimum Gasteiger partial charge on any atom is -0.302 e. The molecule has 0 radical (unpaired) electrons. The van der Waals surface area contributed by atoms with Crippen LogP contribution in [-0.4, -0.2) is 6.29 Å². The van der Waals surface area contributed by atoms with Crippen molar-refractivity contribution in [3.8, 4) is 0 Å². The van der Waals surface area contributed by atoms with Crippen molar-refractivity contribution in [3.63, 3.8) is 0 Å². The van der Waals surface area contributed by atoms with E-state index in [1.54, 1.807) is 0 Å². The van der Waals surface area contributed by atoms with Gasteiger partial charge in [0.1, 0.15) is 6.29 Å². The second kappa shape index (κ2) is 3.75. The Balaban J connectivity index is 2.79. The highest BCUT2D eigenvalue weighted by Crippen LogP contribution is 2.29. The van der Waals surface area contributed by atoms with Crippen molar-refractivity contribution in [2.75, 3.05) is 0 Å². The number of aldehydes is 1. The Labute approximate surface area is 96.1 Å². The molecule has 0 atom stereocenters. The van der Waals surface area contributed by atoms with Crippen LogP contribution in [0.1, 0.15) is 25.0 Å². The molecule has 0 N–H and O–H groups in total. The molecular formula is C15H16O. The smallest absolute Gasteiger partial charge is 0.129 e. The maximum absolute atomic E-state index is 11.2. The van der Waals surface area contributed by atoms with E-state index < -0.39 is 5.41 Å².